The van der Waals surface area contributed by atoms with Crippen molar-refractivity contribution in [2.75, 3.05) is 0 Å². The van der Waals surface area contributed by atoms with Gasteiger partial charge in [0.05, 0.1) is 18.2 Å². The van der Waals surface area contributed by atoms with Crippen molar-refractivity contribution in [3.05, 3.63) is 35.4 Å². The SMILES string of the molecule is N#Cc1ccc(CN2C(=O)C(=O)N(C3CCCCC3)C2=O)cc1. The molecule has 0 unspecified atom stereocenters. The number of hydrogen-bond acceptors (Lipinski definition) is 4. The highest BCUT2D eigenvalue weighted by Gasteiger charge is 2.47. The van der Waals surface area contributed by atoms with Crippen molar-refractivity contribution in [1.29, 1.82) is 5.26 Å². The third-order valence-electron chi connectivity index (χ3n) is 4.45. The van der Waals surface area contributed by atoms with Crippen LogP contribution in [0.3, 0.4) is 0 Å². The molecule has 1 saturated carbocycles. The molecular formula is C17H17N3O3. The maximum atomic E-state index is 12.5. The molecule has 1 aliphatic carbocycles. The number of amides is 4. The van der Waals surface area contributed by atoms with Gasteiger partial charge in [-0.2, -0.15) is 5.26 Å². The molecule has 0 atom stereocenters. The van der Waals surface area contributed by atoms with Crippen LogP contribution < -0.4 is 0 Å². The van der Waals surface area contributed by atoms with Crippen molar-refractivity contribution in [2.24, 2.45) is 0 Å². The van der Waals surface area contributed by atoms with E-state index in [2.05, 4.69) is 0 Å². The first kappa shape index (κ1) is 15.2. The molecule has 4 amide bonds. The Morgan fingerprint density at radius 2 is 1.65 bits per heavy atom. The van der Waals surface area contributed by atoms with Crippen LogP contribution in [0.5, 0.6) is 0 Å². The van der Waals surface area contributed by atoms with E-state index in [1.807, 2.05) is 6.07 Å². The van der Waals surface area contributed by atoms with E-state index in [9.17, 15) is 14.4 Å². The number of carbonyl (C=O) groups excluding carboxylic acids is 3. The zero-order valence-electron chi connectivity index (χ0n) is 12.7. The van der Waals surface area contributed by atoms with Crippen LogP contribution in [0, 0.1) is 11.3 Å². The van der Waals surface area contributed by atoms with Gasteiger partial charge >= 0.3 is 17.8 Å². The van der Waals surface area contributed by atoms with Gasteiger partial charge in [0.25, 0.3) is 0 Å². The van der Waals surface area contributed by atoms with E-state index < -0.39 is 17.8 Å². The fourth-order valence-corrected chi connectivity index (χ4v) is 3.19. The fourth-order valence-electron chi connectivity index (χ4n) is 3.19. The molecule has 1 aromatic carbocycles. The smallest absolute Gasteiger partial charge is 0.263 e. The van der Waals surface area contributed by atoms with E-state index >= 15 is 0 Å². The lowest BCUT2D eigenvalue weighted by Gasteiger charge is -2.28. The summed E-state index contributed by atoms with van der Waals surface area (Å²) in [6.45, 7) is 0.0539. The van der Waals surface area contributed by atoms with Gasteiger partial charge in [-0.05, 0) is 30.5 Å². The topological polar surface area (TPSA) is 81.5 Å². The van der Waals surface area contributed by atoms with Crippen LogP contribution in [-0.4, -0.2) is 33.7 Å². The first-order valence-corrected chi connectivity index (χ1v) is 7.80. The van der Waals surface area contributed by atoms with Crippen LogP contribution in [0.2, 0.25) is 0 Å². The second-order valence-corrected chi connectivity index (χ2v) is 5.95. The molecule has 118 valence electrons. The van der Waals surface area contributed by atoms with Gasteiger partial charge in [0, 0.05) is 6.04 Å². The van der Waals surface area contributed by atoms with Crippen LogP contribution in [0.1, 0.15) is 43.2 Å². The molecule has 2 fully saturated rings. The third-order valence-corrected chi connectivity index (χ3v) is 4.45. The highest BCUT2D eigenvalue weighted by Crippen LogP contribution is 2.27. The summed E-state index contributed by atoms with van der Waals surface area (Å²) < 4.78 is 0. The minimum atomic E-state index is -0.759. The Morgan fingerprint density at radius 3 is 2.26 bits per heavy atom. The zero-order chi connectivity index (χ0) is 16.4. The molecule has 1 aliphatic heterocycles. The van der Waals surface area contributed by atoms with Gasteiger partial charge < -0.3 is 0 Å². The van der Waals surface area contributed by atoms with Gasteiger partial charge in [-0.1, -0.05) is 31.4 Å². The van der Waals surface area contributed by atoms with Crippen LogP contribution in [0.25, 0.3) is 0 Å². The van der Waals surface area contributed by atoms with E-state index in [0.717, 1.165) is 41.9 Å². The van der Waals surface area contributed by atoms with E-state index in [1.54, 1.807) is 24.3 Å². The van der Waals surface area contributed by atoms with Crippen molar-refractivity contribution in [2.45, 2.75) is 44.7 Å². The molecule has 0 spiro atoms. The maximum absolute atomic E-state index is 12.5. The molecular weight excluding hydrogens is 294 g/mol. The number of carbonyl (C=O) groups is 3. The molecule has 1 heterocycles. The number of rotatable bonds is 3. The van der Waals surface area contributed by atoms with Crippen LogP contribution in [-0.2, 0) is 16.1 Å². The molecule has 3 rings (SSSR count). The number of imide groups is 2. The predicted octanol–water partition coefficient (Wildman–Crippen LogP) is 2.18. The molecule has 6 nitrogen and oxygen atoms in total. The maximum Gasteiger partial charge on any atom is 0.334 e. The van der Waals surface area contributed by atoms with Crippen molar-refractivity contribution in [3.8, 4) is 6.07 Å². The van der Waals surface area contributed by atoms with Crippen LogP contribution in [0.15, 0.2) is 24.3 Å². The van der Waals surface area contributed by atoms with Gasteiger partial charge in [0.1, 0.15) is 0 Å². The summed E-state index contributed by atoms with van der Waals surface area (Å²) in [5, 5.41) is 8.79. The molecule has 2 aliphatic rings. The third kappa shape index (κ3) is 2.82. The average molecular weight is 311 g/mol. The van der Waals surface area contributed by atoms with Crippen molar-refractivity contribution >= 4 is 17.8 Å². The highest BCUT2D eigenvalue weighted by molar-refractivity contribution is 6.44. The lowest BCUT2D eigenvalue weighted by Crippen LogP contribution is -2.42. The van der Waals surface area contributed by atoms with E-state index in [0.29, 0.717) is 11.1 Å². The van der Waals surface area contributed by atoms with Crippen molar-refractivity contribution < 1.29 is 14.4 Å². The number of hydrogen-bond donors (Lipinski definition) is 0. The van der Waals surface area contributed by atoms with Crippen LogP contribution in [0.4, 0.5) is 4.79 Å². The van der Waals surface area contributed by atoms with Crippen LogP contribution >= 0.6 is 0 Å². The Hall–Kier alpha value is -2.68. The average Bonchev–Trinajstić information content (AvgIpc) is 2.80. The molecule has 0 bridgehead atoms. The molecule has 0 aromatic heterocycles. The zero-order valence-corrected chi connectivity index (χ0v) is 12.7. The molecule has 0 radical (unpaired) electrons. The second kappa shape index (κ2) is 6.21. The Kier molecular flexibility index (Phi) is 4.11. The summed E-state index contributed by atoms with van der Waals surface area (Å²) in [5.41, 5.74) is 1.22. The minimum absolute atomic E-state index is 0.0539. The lowest BCUT2D eigenvalue weighted by molar-refractivity contribution is -0.144. The normalized spacial score (nSPS) is 19.3. The Balaban J connectivity index is 1.77. The van der Waals surface area contributed by atoms with E-state index in [-0.39, 0.29) is 12.6 Å². The summed E-state index contributed by atoms with van der Waals surface area (Å²) in [6.07, 6.45) is 4.61. The molecule has 1 saturated heterocycles. The van der Waals surface area contributed by atoms with Gasteiger partial charge in [0.2, 0.25) is 0 Å². The van der Waals surface area contributed by atoms with Gasteiger partial charge in [-0.25, -0.2) is 4.79 Å². The van der Waals surface area contributed by atoms with Gasteiger partial charge in [0.15, 0.2) is 0 Å². The van der Waals surface area contributed by atoms with Crippen molar-refractivity contribution in [3.63, 3.8) is 0 Å². The van der Waals surface area contributed by atoms with E-state index in [1.165, 1.54) is 0 Å². The Morgan fingerprint density at radius 1 is 1.00 bits per heavy atom. The summed E-state index contributed by atoms with van der Waals surface area (Å²) >= 11 is 0. The summed E-state index contributed by atoms with van der Waals surface area (Å²) in [5.74, 6) is -1.47. The predicted molar refractivity (Wildman–Crippen MR) is 80.8 cm³/mol. The quantitative estimate of drug-likeness (QED) is 0.633. The number of nitrogens with zero attached hydrogens (tertiary/aromatic N) is 3. The molecule has 6 heteroatoms. The van der Waals surface area contributed by atoms with Gasteiger partial charge in [-0.3, -0.25) is 19.4 Å². The Bertz CT molecular complexity index is 684. The lowest BCUT2D eigenvalue weighted by atomic mass is 9.94. The summed E-state index contributed by atoms with van der Waals surface area (Å²) in [7, 11) is 0. The molecule has 0 N–H and O–H groups in total. The fraction of sp³-hybridized carbons (Fsp3) is 0.412. The van der Waals surface area contributed by atoms with Gasteiger partial charge in [-0.15, -0.1) is 0 Å². The Labute approximate surface area is 134 Å². The number of urea groups is 1. The standard InChI is InChI=1S/C17H17N3O3/c18-10-12-6-8-13(9-7-12)11-19-15(21)16(22)20(17(19)23)14-4-2-1-3-5-14/h6-9,14H,1-5,11H2. The molecule has 23 heavy (non-hydrogen) atoms. The number of benzene rings is 1. The monoisotopic (exact) mass is 311 g/mol. The highest BCUT2D eigenvalue weighted by atomic mass is 16.2. The molecule has 1 aromatic rings. The first-order valence-electron chi connectivity index (χ1n) is 7.80. The minimum Gasteiger partial charge on any atom is -0.263 e. The second-order valence-electron chi connectivity index (χ2n) is 5.95. The van der Waals surface area contributed by atoms with E-state index in [4.69, 9.17) is 5.26 Å². The largest absolute Gasteiger partial charge is 0.334 e. The summed E-state index contributed by atoms with van der Waals surface area (Å²) in [6, 6.07) is 7.97. The summed E-state index contributed by atoms with van der Waals surface area (Å²) in [4.78, 5) is 39.0. The van der Waals surface area contributed by atoms with Crippen molar-refractivity contribution in [1.82, 2.24) is 9.80 Å². The number of nitriles is 1. The first-order chi connectivity index (χ1) is 11.1.